The minimum atomic E-state index is 0.0609. The van der Waals surface area contributed by atoms with Gasteiger partial charge in [-0.25, -0.2) is 0 Å². The van der Waals surface area contributed by atoms with Crippen molar-refractivity contribution < 1.29 is 4.79 Å². The van der Waals surface area contributed by atoms with E-state index in [0.717, 1.165) is 18.9 Å². The van der Waals surface area contributed by atoms with Gasteiger partial charge in [-0.2, -0.15) is 0 Å². The zero-order valence-corrected chi connectivity index (χ0v) is 9.56. The number of unbranched alkanes of at least 4 members (excludes halogenated alkanes) is 2. The van der Waals surface area contributed by atoms with Gasteiger partial charge in [0.1, 0.15) is 0 Å². The smallest absolute Gasteiger partial charge is 0.220 e. The van der Waals surface area contributed by atoms with Crippen molar-refractivity contribution in [3.05, 3.63) is 7.05 Å². The lowest BCUT2D eigenvalue weighted by Crippen LogP contribution is -2.33. The molecule has 1 fully saturated rings. The second-order valence-corrected chi connectivity index (χ2v) is 4.35. The van der Waals surface area contributed by atoms with E-state index < -0.39 is 0 Å². The molecule has 0 aromatic carbocycles. The molecule has 2 N–H and O–H groups in total. The van der Waals surface area contributed by atoms with Gasteiger partial charge in [-0.05, 0) is 32.2 Å². The molecule has 0 aromatic rings. The third kappa shape index (κ3) is 5.78. The predicted molar refractivity (Wildman–Crippen MR) is 62.2 cm³/mol. The molecule has 0 saturated carbocycles. The Morgan fingerprint density at radius 3 is 2.87 bits per heavy atom. The summed E-state index contributed by atoms with van der Waals surface area (Å²) in [5.74, 6) is 0.0609. The SMILES string of the molecule is [CH2]NC(=O)CCCCCC1CCCCN1. The Morgan fingerprint density at radius 1 is 1.33 bits per heavy atom. The van der Waals surface area contributed by atoms with E-state index in [1.54, 1.807) is 0 Å². The molecule has 1 saturated heterocycles. The maximum absolute atomic E-state index is 10.9. The fourth-order valence-corrected chi connectivity index (χ4v) is 2.11. The Morgan fingerprint density at radius 2 is 2.20 bits per heavy atom. The minimum absolute atomic E-state index is 0.0609. The van der Waals surface area contributed by atoms with Crippen LogP contribution < -0.4 is 10.6 Å². The largest absolute Gasteiger partial charge is 0.354 e. The summed E-state index contributed by atoms with van der Waals surface area (Å²) >= 11 is 0. The van der Waals surface area contributed by atoms with E-state index in [2.05, 4.69) is 17.7 Å². The van der Waals surface area contributed by atoms with Crippen molar-refractivity contribution in [1.82, 2.24) is 10.6 Å². The molecule has 0 spiro atoms. The first-order valence-corrected chi connectivity index (χ1v) is 6.12. The Labute approximate surface area is 93.0 Å². The summed E-state index contributed by atoms with van der Waals surface area (Å²) < 4.78 is 0. The fourth-order valence-electron chi connectivity index (χ4n) is 2.11. The second kappa shape index (κ2) is 7.69. The van der Waals surface area contributed by atoms with Gasteiger partial charge in [0.25, 0.3) is 0 Å². The van der Waals surface area contributed by atoms with Gasteiger partial charge >= 0.3 is 0 Å². The summed E-state index contributed by atoms with van der Waals surface area (Å²) in [6, 6.07) is 0.736. The third-order valence-electron chi connectivity index (χ3n) is 3.07. The van der Waals surface area contributed by atoms with E-state index in [4.69, 9.17) is 0 Å². The highest BCUT2D eigenvalue weighted by Crippen LogP contribution is 2.13. The Hall–Kier alpha value is -0.570. The van der Waals surface area contributed by atoms with E-state index >= 15 is 0 Å². The Balaban J connectivity index is 1.89. The zero-order valence-electron chi connectivity index (χ0n) is 9.56. The van der Waals surface area contributed by atoms with Crippen molar-refractivity contribution in [2.24, 2.45) is 0 Å². The topological polar surface area (TPSA) is 41.1 Å². The monoisotopic (exact) mass is 211 g/mol. The van der Waals surface area contributed by atoms with Gasteiger partial charge in [-0.1, -0.05) is 19.3 Å². The van der Waals surface area contributed by atoms with Crippen LogP contribution in [0.4, 0.5) is 0 Å². The van der Waals surface area contributed by atoms with Gasteiger partial charge in [-0.3, -0.25) is 4.79 Å². The molecule has 87 valence electrons. The number of amides is 1. The van der Waals surface area contributed by atoms with Crippen LogP contribution in [-0.4, -0.2) is 18.5 Å². The number of rotatable bonds is 6. The summed E-state index contributed by atoms with van der Waals surface area (Å²) in [5, 5.41) is 5.94. The number of carbonyl (C=O) groups is 1. The van der Waals surface area contributed by atoms with Crippen molar-refractivity contribution in [1.29, 1.82) is 0 Å². The number of hydrogen-bond acceptors (Lipinski definition) is 2. The number of nitrogens with one attached hydrogen (secondary N) is 2. The minimum Gasteiger partial charge on any atom is -0.354 e. The van der Waals surface area contributed by atoms with Crippen LogP contribution in [0.15, 0.2) is 0 Å². The number of hydrogen-bond donors (Lipinski definition) is 2. The van der Waals surface area contributed by atoms with Gasteiger partial charge in [-0.15, -0.1) is 0 Å². The lowest BCUT2D eigenvalue weighted by atomic mass is 9.99. The zero-order chi connectivity index (χ0) is 10.9. The normalized spacial score (nSPS) is 21.3. The van der Waals surface area contributed by atoms with E-state index in [1.165, 1.54) is 38.6 Å². The lowest BCUT2D eigenvalue weighted by Gasteiger charge is -2.23. The molecule has 1 unspecified atom stereocenters. The van der Waals surface area contributed by atoms with Gasteiger partial charge in [0.05, 0.1) is 0 Å². The van der Waals surface area contributed by atoms with Crippen molar-refractivity contribution in [2.45, 2.75) is 57.4 Å². The second-order valence-electron chi connectivity index (χ2n) is 4.35. The Bertz CT molecular complexity index is 176. The first-order valence-electron chi connectivity index (χ1n) is 6.12. The maximum Gasteiger partial charge on any atom is 0.220 e. The summed E-state index contributed by atoms with van der Waals surface area (Å²) in [4.78, 5) is 10.9. The highest BCUT2D eigenvalue weighted by atomic mass is 16.1. The molecule has 0 aromatic heterocycles. The quantitative estimate of drug-likeness (QED) is 0.660. The highest BCUT2D eigenvalue weighted by Gasteiger charge is 2.11. The molecule has 1 rings (SSSR count). The molecule has 15 heavy (non-hydrogen) atoms. The van der Waals surface area contributed by atoms with Crippen LogP contribution in [0, 0.1) is 7.05 Å². The van der Waals surface area contributed by atoms with Crippen molar-refractivity contribution in [2.75, 3.05) is 6.54 Å². The standard InChI is InChI=1S/C12H23N2O/c1-13-12(15)9-4-2-3-7-11-8-5-6-10-14-11/h11,14H,1-10H2,(H,13,15). The van der Waals surface area contributed by atoms with E-state index in [-0.39, 0.29) is 5.91 Å². The molecular weight excluding hydrogens is 188 g/mol. The average Bonchev–Trinajstić information content (AvgIpc) is 2.29. The number of carbonyl (C=O) groups excluding carboxylic acids is 1. The predicted octanol–water partition coefficient (Wildman–Crippen LogP) is 1.99. The summed E-state index contributed by atoms with van der Waals surface area (Å²) in [7, 11) is 3.35. The molecule has 0 bridgehead atoms. The van der Waals surface area contributed by atoms with E-state index in [1.807, 2.05) is 0 Å². The van der Waals surface area contributed by atoms with Gasteiger partial charge in [0, 0.05) is 19.5 Å². The Kier molecular flexibility index (Phi) is 6.41. The van der Waals surface area contributed by atoms with Crippen LogP contribution in [0.5, 0.6) is 0 Å². The number of piperidine rings is 1. The first-order chi connectivity index (χ1) is 7.33. The summed E-state index contributed by atoms with van der Waals surface area (Å²) in [6.45, 7) is 1.19. The molecule has 1 amide bonds. The van der Waals surface area contributed by atoms with Crippen LogP contribution in [-0.2, 0) is 4.79 Å². The molecular formula is C12H23N2O. The molecule has 1 atom stereocenters. The summed E-state index contributed by atoms with van der Waals surface area (Å²) in [6.07, 6.45) is 9.33. The maximum atomic E-state index is 10.9. The molecule has 1 radical (unpaired) electrons. The summed E-state index contributed by atoms with van der Waals surface area (Å²) in [5.41, 5.74) is 0. The fraction of sp³-hybridized carbons (Fsp3) is 0.833. The van der Waals surface area contributed by atoms with Crippen molar-refractivity contribution in [3.8, 4) is 0 Å². The molecule has 1 aliphatic heterocycles. The molecule has 3 heteroatoms. The van der Waals surface area contributed by atoms with Crippen LogP contribution in [0.25, 0.3) is 0 Å². The van der Waals surface area contributed by atoms with Gasteiger partial charge < -0.3 is 10.6 Å². The van der Waals surface area contributed by atoms with Crippen LogP contribution >= 0.6 is 0 Å². The molecule has 1 aliphatic rings. The third-order valence-corrected chi connectivity index (χ3v) is 3.07. The average molecular weight is 211 g/mol. The molecule has 3 nitrogen and oxygen atoms in total. The van der Waals surface area contributed by atoms with E-state index in [0.29, 0.717) is 6.42 Å². The first kappa shape index (κ1) is 12.5. The molecule has 1 heterocycles. The van der Waals surface area contributed by atoms with Crippen LogP contribution in [0.2, 0.25) is 0 Å². The van der Waals surface area contributed by atoms with Gasteiger partial charge in [0.2, 0.25) is 5.91 Å². The molecule has 0 aliphatic carbocycles. The van der Waals surface area contributed by atoms with Gasteiger partial charge in [0.15, 0.2) is 0 Å². The van der Waals surface area contributed by atoms with Crippen LogP contribution in [0.1, 0.15) is 51.4 Å². The lowest BCUT2D eigenvalue weighted by molar-refractivity contribution is -0.120. The van der Waals surface area contributed by atoms with E-state index in [9.17, 15) is 4.79 Å². The van der Waals surface area contributed by atoms with Crippen molar-refractivity contribution >= 4 is 5.91 Å². The highest BCUT2D eigenvalue weighted by molar-refractivity contribution is 5.75. The van der Waals surface area contributed by atoms with Crippen molar-refractivity contribution in [3.63, 3.8) is 0 Å². The van der Waals surface area contributed by atoms with Crippen LogP contribution in [0.3, 0.4) is 0 Å².